The minimum atomic E-state index is 0.380. The molecule has 0 radical (unpaired) electrons. The third-order valence-corrected chi connectivity index (χ3v) is 2.85. The van der Waals surface area contributed by atoms with E-state index in [-0.39, 0.29) is 0 Å². The number of hydrogen-bond acceptors (Lipinski definition) is 6. The van der Waals surface area contributed by atoms with Crippen molar-refractivity contribution in [1.29, 1.82) is 0 Å². The van der Waals surface area contributed by atoms with Crippen molar-refractivity contribution in [2.24, 2.45) is 0 Å². The maximum atomic E-state index is 5.81. The molecule has 88 valence electrons. The quantitative estimate of drug-likeness (QED) is 0.839. The van der Waals surface area contributed by atoms with E-state index in [4.69, 9.17) is 10.3 Å². The summed E-state index contributed by atoms with van der Waals surface area (Å²) in [5, 5.41) is 3.96. The van der Waals surface area contributed by atoms with Crippen LogP contribution in [-0.2, 0) is 0 Å². The van der Waals surface area contributed by atoms with Gasteiger partial charge >= 0.3 is 0 Å². The van der Waals surface area contributed by atoms with Crippen LogP contribution in [0, 0.1) is 0 Å². The van der Waals surface area contributed by atoms with Crippen LogP contribution in [0.3, 0.4) is 0 Å². The number of anilines is 2. The first-order valence-corrected chi connectivity index (χ1v) is 5.64. The molecule has 2 N–H and O–H groups in total. The molecule has 2 aromatic heterocycles. The fourth-order valence-corrected chi connectivity index (χ4v) is 1.95. The lowest BCUT2D eigenvalue weighted by molar-refractivity contribution is 0.429. The fraction of sp³-hybridized carbons (Fsp3) is 0.364. The van der Waals surface area contributed by atoms with E-state index >= 15 is 0 Å². The Morgan fingerprint density at radius 1 is 1.29 bits per heavy atom. The number of aromatic nitrogens is 3. The average molecular weight is 231 g/mol. The monoisotopic (exact) mass is 231 g/mol. The number of nitrogens with two attached hydrogens (primary N) is 1. The van der Waals surface area contributed by atoms with Crippen LogP contribution >= 0.6 is 0 Å². The van der Waals surface area contributed by atoms with Gasteiger partial charge in [0, 0.05) is 19.3 Å². The minimum Gasteiger partial charge on any atom is -0.397 e. The van der Waals surface area contributed by atoms with Gasteiger partial charge in [-0.1, -0.05) is 0 Å². The van der Waals surface area contributed by atoms with E-state index in [1.807, 2.05) is 0 Å². The molecule has 1 aliphatic heterocycles. The Morgan fingerprint density at radius 3 is 2.88 bits per heavy atom. The van der Waals surface area contributed by atoms with Crippen LogP contribution in [0.15, 0.2) is 22.9 Å². The van der Waals surface area contributed by atoms with Crippen molar-refractivity contribution in [2.75, 3.05) is 23.7 Å². The molecular formula is C11H13N5O. The molecule has 0 amide bonds. The van der Waals surface area contributed by atoms with Crippen LogP contribution in [0.4, 0.5) is 11.6 Å². The van der Waals surface area contributed by atoms with Crippen molar-refractivity contribution in [3.05, 3.63) is 18.3 Å². The first kappa shape index (κ1) is 10.1. The summed E-state index contributed by atoms with van der Waals surface area (Å²) < 4.78 is 5.20. The zero-order valence-electron chi connectivity index (χ0n) is 9.33. The van der Waals surface area contributed by atoms with Crippen LogP contribution in [0.5, 0.6) is 0 Å². The van der Waals surface area contributed by atoms with Gasteiger partial charge in [-0.05, 0) is 30.1 Å². The molecule has 6 heteroatoms. The predicted molar refractivity (Wildman–Crippen MR) is 63.4 cm³/mol. The average Bonchev–Trinajstić information content (AvgIpc) is 3.00. The molecule has 1 aliphatic rings. The maximum absolute atomic E-state index is 5.81. The standard InChI is InChI=1S/C11H13N5O/c12-8-4-3-5-13-9(8)10-14-11(15-17-10)16-6-1-2-7-16/h3-5H,1-2,6-7,12H2. The van der Waals surface area contributed by atoms with Gasteiger partial charge in [0.05, 0.1) is 5.69 Å². The second-order valence-corrected chi connectivity index (χ2v) is 4.03. The van der Waals surface area contributed by atoms with Crippen LogP contribution in [0.2, 0.25) is 0 Å². The van der Waals surface area contributed by atoms with E-state index in [0.29, 0.717) is 23.2 Å². The van der Waals surface area contributed by atoms with E-state index < -0.39 is 0 Å². The Bertz CT molecular complexity index is 518. The van der Waals surface area contributed by atoms with Gasteiger partial charge in [-0.2, -0.15) is 4.98 Å². The highest BCUT2D eigenvalue weighted by molar-refractivity contribution is 5.65. The van der Waals surface area contributed by atoms with Gasteiger partial charge in [0.25, 0.3) is 11.8 Å². The molecule has 1 saturated heterocycles. The predicted octanol–water partition coefficient (Wildman–Crippen LogP) is 1.31. The van der Waals surface area contributed by atoms with Crippen LogP contribution in [0.25, 0.3) is 11.6 Å². The Labute approximate surface area is 98.4 Å². The summed E-state index contributed by atoms with van der Waals surface area (Å²) in [6.07, 6.45) is 4.01. The number of nitrogen functional groups attached to an aromatic ring is 1. The number of nitrogens with zero attached hydrogens (tertiary/aromatic N) is 4. The van der Waals surface area contributed by atoms with Crippen molar-refractivity contribution in [3.63, 3.8) is 0 Å². The third kappa shape index (κ3) is 1.82. The summed E-state index contributed by atoms with van der Waals surface area (Å²) in [5.74, 6) is 1.01. The van der Waals surface area contributed by atoms with Crippen molar-refractivity contribution in [2.45, 2.75) is 12.8 Å². The molecule has 0 bridgehead atoms. The topological polar surface area (TPSA) is 81.1 Å². The van der Waals surface area contributed by atoms with Gasteiger partial charge in [-0.25, -0.2) is 4.98 Å². The van der Waals surface area contributed by atoms with Gasteiger partial charge in [0.2, 0.25) is 0 Å². The van der Waals surface area contributed by atoms with Gasteiger partial charge < -0.3 is 15.2 Å². The first-order chi connectivity index (χ1) is 8.34. The summed E-state index contributed by atoms with van der Waals surface area (Å²) in [7, 11) is 0. The van der Waals surface area contributed by atoms with Gasteiger partial charge in [-0.3, -0.25) is 0 Å². The number of pyridine rings is 1. The third-order valence-electron chi connectivity index (χ3n) is 2.85. The Hall–Kier alpha value is -2.11. The zero-order valence-corrected chi connectivity index (χ0v) is 9.33. The molecule has 0 aliphatic carbocycles. The lowest BCUT2D eigenvalue weighted by atomic mass is 10.3. The molecule has 17 heavy (non-hydrogen) atoms. The molecule has 2 aromatic rings. The summed E-state index contributed by atoms with van der Waals surface area (Å²) >= 11 is 0. The fourth-order valence-electron chi connectivity index (χ4n) is 1.95. The van der Waals surface area contributed by atoms with Gasteiger partial charge in [-0.15, -0.1) is 0 Å². The van der Waals surface area contributed by atoms with Crippen molar-refractivity contribution < 1.29 is 4.52 Å². The van der Waals surface area contributed by atoms with E-state index in [9.17, 15) is 0 Å². The van der Waals surface area contributed by atoms with Crippen LogP contribution < -0.4 is 10.6 Å². The van der Waals surface area contributed by atoms with E-state index in [1.165, 1.54) is 12.8 Å². The van der Waals surface area contributed by atoms with E-state index in [1.54, 1.807) is 18.3 Å². The summed E-state index contributed by atoms with van der Waals surface area (Å²) in [6, 6.07) is 3.54. The highest BCUT2D eigenvalue weighted by atomic mass is 16.5. The smallest absolute Gasteiger partial charge is 0.280 e. The van der Waals surface area contributed by atoms with Gasteiger partial charge in [0.1, 0.15) is 0 Å². The lowest BCUT2D eigenvalue weighted by Gasteiger charge is -2.09. The molecule has 0 saturated carbocycles. The van der Waals surface area contributed by atoms with Crippen LogP contribution in [-0.4, -0.2) is 28.2 Å². The van der Waals surface area contributed by atoms with Crippen LogP contribution in [0.1, 0.15) is 12.8 Å². The lowest BCUT2D eigenvalue weighted by Crippen LogP contribution is -2.18. The summed E-state index contributed by atoms with van der Waals surface area (Å²) in [4.78, 5) is 10.6. The molecular weight excluding hydrogens is 218 g/mol. The number of rotatable bonds is 2. The first-order valence-electron chi connectivity index (χ1n) is 5.64. The Kier molecular flexibility index (Phi) is 2.40. The highest BCUT2D eigenvalue weighted by Crippen LogP contribution is 2.24. The van der Waals surface area contributed by atoms with E-state index in [2.05, 4.69) is 20.0 Å². The second-order valence-electron chi connectivity index (χ2n) is 4.03. The molecule has 0 spiro atoms. The van der Waals surface area contributed by atoms with E-state index in [0.717, 1.165) is 13.1 Å². The Morgan fingerprint density at radius 2 is 2.12 bits per heavy atom. The maximum Gasteiger partial charge on any atom is 0.280 e. The molecule has 3 rings (SSSR count). The van der Waals surface area contributed by atoms with Crippen molar-refractivity contribution >= 4 is 11.6 Å². The SMILES string of the molecule is Nc1cccnc1-c1nc(N2CCCC2)no1. The molecule has 1 fully saturated rings. The largest absolute Gasteiger partial charge is 0.397 e. The normalized spacial score (nSPS) is 15.4. The molecule has 0 atom stereocenters. The minimum absolute atomic E-state index is 0.380. The Balaban J connectivity index is 1.92. The second kappa shape index (κ2) is 4.04. The van der Waals surface area contributed by atoms with Crippen molar-refractivity contribution in [3.8, 4) is 11.6 Å². The molecule has 6 nitrogen and oxygen atoms in total. The summed E-state index contributed by atoms with van der Waals surface area (Å²) in [6.45, 7) is 1.97. The molecule has 0 aromatic carbocycles. The summed E-state index contributed by atoms with van der Waals surface area (Å²) in [5.41, 5.74) is 6.90. The number of hydrogen-bond donors (Lipinski definition) is 1. The van der Waals surface area contributed by atoms with Gasteiger partial charge in [0.15, 0.2) is 5.69 Å². The highest BCUT2D eigenvalue weighted by Gasteiger charge is 2.19. The molecule has 0 unspecified atom stereocenters. The van der Waals surface area contributed by atoms with Crippen molar-refractivity contribution in [1.82, 2.24) is 15.1 Å². The molecule has 3 heterocycles. The zero-order chi connectivity index (χ0) is 11.7.